The maximum Gasteiger partial charge on any atom is 0.326 e. The minimum absolute atomic E-state index is 0.0794. The van der Waals surface area contributed by atoms with Crippen molar-refractivity contribution in [1.82, 2.24) is 10.3 Å². The molecule has 5 nitrogen and oxygen atoms in total. The van der Waals surface area contributed by atoms with Crippen molar-refractivity contribution in [2.75, 3.05) is 0 Å². The lowest BCUT2D eigenvalue weighted by atomic mass is 9.92. The van der Waals surface area contributed by atoms with E-state index < -0.39 is 12.0 Å². The molecule has 1 aliphatic rings. The van der Waals surface area contributed by atoms with Gasteiger partial charge >= 0.3 is 5.97 Å². The van der Waals surface area contributed by atoms with E-state index in [0.717, 1.165) is 22.9 Å². The first-order valence-corrected chi connectivity index (χ1v) is 11.1. The molecule has 1 heterocycles. The number of carboxylic acid groups (broad SMARTS) is 1. The fourth-order valence-corrected chi connectivity index (χ4v) is 4.60. The van der Waals surface area contributed by atoms with Gasteiger partial charge in [0, 0.05) is 30.0 Å². The van der Waals surface area contributed by atoms with Crippen molar-refractivity contribution in [3.63, 3.8) is 0 Å². The quantitative estimate of drug-likeness (QED) is 0.395. The second-order valence-electron chi connectivity index (χ2n) is 8.63. The van der Waals surface area contributed by atoms with E-state index in [-0.39, 0.29) is 36.4 Å². The number of rotatable bonds is 9. The number of aromatic nitrogens is 1. The zero-order chi connectivity index (χ0) is 23.5. The number of hydrogen-bond acceptors (Lipinski definition) is 2. The Morgan fingerprint density at radius 2 is 2.03 bits per heavy atom. The molecular weight excluding hydrogens is 419 g/mol. The van der Waals surface area contributed by atoms with Crippen LogP contribution in [0.2, 0.25) is 0 Å². The number of hydrogen-bond donors (Lipinski definition) is 3. The van der Waals surface area contributed by atoms with Crippen LogP contribution in [-0.2, 0) is 16.0 Å². The van der Waals surface area contributed by atoms with Crippen LogP contribution in [0, 0.1) is 11.7 Å². The van der Waals surface area contributed by atoms with Crippen molar-refractivity contribution in [3.8, 4) is 0 Å². The Kier molecular flexibility index (Phi) is 6.45. The smallest absolute Gasteiger partial charge is 0.326 e. The number of carboxylic acids is 1. The highest BCUT2D eigenvalue weighted by Crippen LogP contribution is 2.42. The van der Waals surface area contributed by atoms with Gasteiger partial charge in [-0.3, -0.25) is 4.79 Å². The minimum atomic E-state index is -1.11. The fraction of sp³-hybridized carbons (Fsp3) is 0.259. The molecule has 0 radical (unpaired) electrons. The van der Waals surface area contributed by atoms with Gasteiger partial charge in [-0.05, 0) is 58.7 Å². The molecule has 0 saturated carbocycles. The summed E-state index contributed by atoms with van der Waals surface area (Å²) in [5.41, 5.74) is 4.64. The van der Waals surface area contributed by atoms with Crippen molar-refractivity contribution in [2.45, 2.75) is 38.1 Å². The first kappa shape index (κ1) is 22.5. The minimum Gasteiger partial charge on any atom is -0.480 e. The Hall–Kier alpha value is -3.67. The predicted molar refractivity (Wildman–Crippen MR) is 127 cm³/mol. The summed E-state index contributed by atoms with van der Waals surface area (Å²) in [6.07, 6.45) is 5.11. The summed E-state index contributed by atoms with van der Waals surface area (Å²) in [7, 11) is 0. The van der Waals surface area contributed by atoms with E-state index in [2.05, 4.69) is 35.9 Å². The number of H-pyrrole nitrogens is 1. The molecule has 0 aliphatic heterocycles. The average molecular weight is 447 g/mol. The van der Waals surface area contributed by atoms with Gasteiger partial charge in [-0.25, -0.2) is 9.18 Å². The topological polar surface area (TPSA) is 82.2 Å². The fourth-order valence-electron chi connectivity index (χ4n) is 4.60. The number of amides is 1. The zero-order valence-electron chi connectivity index (χ0n) is 18.5. The molecule has 2 aromatic carbocycles. The SMILES string of the molecule is C=CCC(C)C1=CC(CC(=O)NC(Cc2cc3ccc(F)cc3[nH]2)C(=O)O)c2ccccc21. The second kappa shape index (κ2) is 9.45. The summed E-state index contributed by atoms with van der Waals surface area (Å²) in [5, 5.41) is 13.1. The van der Waals surface area contributed by atoms with Gasteiger partial charge in [0.05, 0.1) is 0 Å². The molecule has 6 heteroatoms. The van der Waals surface area contributed by atoms with Crippen molar-refractivity contribution in [1.29, 1.82) is 0 Å². The van der Waals surface area contributed by atoms with E-state index in [1.807, 2.05) is 24.3 Å². The molecule has 1 aliphatic carbocycles. The third kappa shape index (κ3) is 4.90. The van der Waals surface area contributed by atoms with E-state index >= 15 is 0 Å². The number of aromatic amines is 1. The Balaban J connectivity index is 1.47. The molecule has 0 spiro atoms. The van der Waals surface area contributed by atoms with Crippen LogP contribution in [0.5, 0.6) is 0 Å². The number of fused-ring (bicyclic) bond motifs is 2. The van der Waals surface area contributed by atoms with Crippen LogP contribution < -0.4 is 5.32 Å². The van der Waals surface area contributed by atoms with Crippen LogP contribution in [0.3, 0.4) is 0 Å². The zero-order valence-corrected chi connectivity index (χ0v) is 18.5. The van der Waals surface area contributed by atoms with Crippen LogP contribution in [0.4, 0.5) is 4.39 Å². The van der Waals surface area contributed by atoms with Crippen molar-refractivity contribution >= 4 is 28.4 Å². The molecule has 3 N–H and O–H groups in total. The number of carbonyl (C=O) groups excluding carboxylic acids is 1. The van der Waals surface area contributed by atoms with Gasteiger partial charge in [-0.15, -0.1) is 6.58 Å². The Labute approximate surface area is 192 Å². The van der Waals surface area contributed by atoms with Gasteiger partial charge < -0.3 is 15.4 Å². The van der Waals surface area contributed by atoms with E-state index in [1.165, 1.54) is 17.7 Å². The normalized spacial score (nSPS) is 16.7. The molecule has 4 rings (SSSR count). The summed E-state index contributed by atoms with van der Waals surface area (Å²) in [6, 6.07) is 13.1. The summed E-state index contributed by atoms with van der Waals surface area (Å²) in [4.78, 5) is 27.7. The largest absolute Gasteiger partial charge is 0.480 e. The van der Waals surface area contributed by atoms with Crippen molar-refractivity contribution in [2.24, 2.45) is 5.92 Å². The van der Waals surface area contributed by atoms with Gasteiger partial charge in [-0.2, -0.15) is 0 Å². The number of aliphatic carboxylic acids is 1. The molecule has 0 bridgehead atoms. The van der Waals surface area contributed by atoms with Crippen LogP contribution >= 0.6 is 0 Å². The van der Waals surface area contributed by atoms with E-state index in [4.69, 9.17) is 0 Å². The van der Waals surface area contributed by atoms with Crippen LogP contribution in [0.1, 0.15) is 42.5 Å². The average Bonchev–Trinajstić information content (AvgIpc) is 3.34. The summed E-state index contributed by atoms with van der Waals surface area (Å²) in [6.45, 7) is 5.97. The lowest BCUT2D eigenvalue weighted by molar-refractivity contribution is -0.141. The number of allylic oxidation sites excluding steroid dienone is 3. The Morgan fingerprint density at radius 3 is 2.79 bits per heavy atom. The number of benzene rings is 2. The van der Waals surface area contributed by atoms with Gasteiger partial charge in [0.25, 0.3) is 0 Å². The van der Waals surface area contributed by atoms with Crippen molar-refractivity contribution < 1.29 is 19.1 Å². The predicted octanol–water partition coefficient (Wildman–Crippen LogP) is 5.20. The molecule has 170 valence electrons. The van der Waals surface area contributed by atoms with Crippen LogP contribution in [0.25, 0.3) is 16.5 Å². The lowest BCUT2D eigenvalue weighted by Gasteiger charge is -2.16. The molecule has 3 aromatic rings. The highest BCUT2D eigenvalue weighted by Gasteiger charge is 2.29. The first-order valence-electron chi connectivity index (χ1n) is 11.1. The highest BCUT2D eigenvalue weighted by molar-refractivity contribution is 5.86. The number of carbonyl (C=O) groups is 2. The molecule has 3 unspecified atom stereocenters. The first-order chi connectivity index (χ1) is 15.9. The second-order valence-corrected chi connectivity index (χ2v) is 8.63. The number of nitrogens with one attached hydrogen (secondary N) is 2. The van der Waals surface area contributed by atoms with Gasteiger partial charge in [0.15, 0.2) is 0 Å². The van der Waals surface area contributed by atoms with Crippen LogP contribution in [-0.4, -0.2) is 28.0 Å². The van der Waals surface area contributed by atoms with Gasteiger partial charge in [0.2, 0.25) is 5.91 Å². The third-order valence-electron chi connectivity index (χ3n) is 6.21. The molecule has 0 saturated heterocycles. The lowest BCUT2D eigenvalue weighted by Crippen LogP contribution is -2.42. The maximum absolute atomic E-state index is 13.4. The number of halogens is 1. The summed E-state index contributed by atoms with van der Waals surface area (Å²) in [5.74, 6) is -1.62. The molecule has 1 amide bonds. The highest BCUT2D eigenvalue weighted by atomic mass is 19.1. The van der Waals surface area contributed by atoms with Gasteiger partial charge in [0.1, 0.15) is 11.9 Å². The maximum atomic E-state index is 13.4. The Morgan fingerprint density at radius 1 is 1.24 bits per heavy atom. The molecule has 3 atom stereocenters. The van der Waals surface area contributed by atoms with E-state index in [1.54, 1.807) is 12.1 Å². The van der Waals surface area contributed by atoms with E-state index in [0.29, 0.717) is 11.2 Å². The standard InChI is InChI=1S/C27H27FN2O3/c1-3-6-16(2)23-12-18(21-7-4-5-8-22(21)23)13-26(31)30-25(27(32)33)15-20-11-17-9-10-19(28)14-24(17)29-20/h3-5,7-12,14,16,18,25,29H,1,6,13,15H2,2H3,(H,30,31)(H,32,33). The van der Waals surface area contributed by atoms with Crippen LogP contribution in [0.15, 0.2) is 67.3 Å². The van der Waals surface area contributed by atoms with Crippen molar-refractivity contribution in [3.05, 3.63) is 89.9 Å². The summed E-state index contributed by atoms with van der Waals surface area (Å²) < 4.78 is 13.4. The van der Waals surface area contributed by atoms with E-state index in [9.17, 15) is 19.1 Å². The molecule has 33 heavy (non-hydrogen) atoms. The van der Waals surface area contributed by atoms with Gasteiger partial charge in [-0.1, -0.05) is 43.3 Å². The summed E-state index contributed by atoms with van der Waals surface area (Å²) >= 11 is 0. The molecular formula is C27H27FN2O3. The molecule has 0 fully saturated rings. The molecule has 1 aromatic heterocycles. The third-order valence-corrected chi connectivity index (χ3v) is 6.21. The Bertz CT molecular complexity index is 1240. The monoisotopic (exact) mass is 446 g/mol.